The number of rotatable bonds is 5. The first-order chi connectivity index (χ1) is 26.3. The number of anilines is 3. The lowest BCUT2D eigenvalue weighted by Gasteiger charge is -2.26. The van der Waals surface area contributed by atoms with Crippen molar-refractivity contribution < 1.29 is 4.42 Å². The highest BCUT2D eigenvalue weighted by Crippen LogP contribution is 2.49. The van der Waals surface area contributed by atoms with Gasteiger partial charge in [-0.25, -0.2) is 0 Å². The van der Waals surface area contributed by atoms with Gasteiger partial charge in [0.25, 0.3) is 0 Å². The fourth-order valence-electron chi connectivity index (χ4n) is 8.09. The van der Waals surface area contributed by atoms with Gasteiger partial charge in [-0.3, -0.25) is 0 Å². The van der Waals surface area contributed by atoms with Crippen molar-refractivity contribution >= 4 is 92.1 Å². The minimum atomic E-state index is 0.877. The second-order valence-electron chi connectivity index (χ2n) is 13.7. The molecule has 2 aromatic heterocycles. The SMILES string of the molecule is c1ccc(-c2cccc(-c3ccc(N(c4cccc5c4oc4c6ccccc6ccc54)c4cccc5c4sc4c6ccccc6ccc54)cc3)c2)cc1. The van der Waals surface area contributed by atoms with Crippen molar-refractivity contribution in [2.75, 3.05) is 4.90 Å². The third-order valence-corrected chi connectivity index (χ3v) is 11.9. The molecule has 0 fully saturated rings. The molecule has 0 aliphatic rings. The Hall–Kier alpha value is -6.68. The molecule has 0 amide bonds. The van der Waals surface area contributed by atoms with Gasteiger partial charge in [-0.05, 0) is 74.8 Å². The Bertz CT molecular complexity index is 3020. The third kappa shape index (κ3) is 4.78. The van der Waals surface area contributed by atoms with Crippen molar-refractivity contribution in [3.8, 4) is 22.3 Å². The molecule has 53 heavy (non-hydrogen) atoms. The standard InChI is InChI=1S/C50H31NOS/c1-2-11-32(12-3-1)36-15-8-16-37(31-36)33-23-27-38(28-24-33)51(45-21-9-19-41-42-29-25-34-13-4-6-17-39(34)47(42)52-48(41)45)46-22-10-20-43-44-30-26-35-14-5-7-18-40(35)49(44)53-50(43)46/h1-31H. The summed E-state index contributed by atoms with van der Waals surface area (Å²) in [5.41, 5.74) is 9.80. The molecule has 2 heterocycles. The highest BCUT2D eigenvalue weighted by Gasteiger charge is 2.23. The van der Waals surface area contributed by atoms with Crippen LogP contribution in [0.2, 0.25) is 0 Å². The summed E-state index contributed by atoms with van der Waals surface area (Å²) >= 11 is 1.87. The zero-order valence-electron chi connectivity index (χ0n) is 28.7. The minimum Gasteiger partial charge on any atom is -0.453 e. The minimum absolute atomic E-state index is 0.877. The first-order valence-electron chi connectivity index (χ1n) is 18.0. The first kappa shape index (κ1) is 30.0. The zero-order chi connectivity index (χ0) is 34.9. The molecule has 0 atom stereocenters. The summed E-state index contributed by atoms with van der Waals surface area (Å²) in [4.78, 5) is 2.40. The maximum Gasteiger partial charge on any atom is 0.159 e. The van der Waals surface area contributed by atoms with E-state index in [1.165, 1.54) is 58.6 Å². The topological polar surface area (TPSA) is 16.4 Å². The summed E-state index contributed by atoms with van der Waals surface area (Å²) < 4.78 is 9.52. The van der Waals surface area contributed by atoms with Gasteiger partial charge in [0.05, 0.1) is 16.1 Å². The molecule has 2 nitrogen and oxygen atoms in total. The van der Waals surface area contributed by atoms with Gasteiger partial charge in [0, 0.05) is 37.3 Å². The summed E-state index contributed by atoms with van der Waals surface area (Å²) in [6.45, 7) is 0. The van der Waals surface area contributed by atoms with E-state index in [2.05, 4.69) is 193 Å². The van der Waals surface area contributed by atoms with Gasteiger partial charge in [0.15, 0.2) is 5.58 Å². The zero-order valence-corrected chi connectivity index (χ0v) is 29.5. The van der Waals surface area contributed by atoms with Crippen LogP contribution >= 0.6 is 11.3 Å². The summed E-state index contributed by atoms with van der Waals surface area (Å²) in [7, 11) is 0. The molecule has 11 rings (SSSR count). The molecule has 9 aromatic carbocycles. The van der Waals surface area contributed by atoms with Gasteiger partial charge in [0.2, 0.25) is 0 Å². The van der Waals surface area contributed by atoms with Crippen LogP contribution in [-0.2, 0) is 0 Å². The monoisotopic (exact) mass is 693 g/mol. The first-order valence-corrected chi connectivity index (χ1v) is 18.8. The molecule has 11 aromatic rings. The van der Waals surface area contributed by atoms with Gasteiger partial charge in [-0.15, -0.1) is 11.3 Å². The molecular formula is C50H31NOS. The maximum absolute atomic E-state index is 6.96. The van der Waals surface area contributed by atoms with Gasteiger partial charge < -0.3 is 9.32 Å². The normalized spacial score (nSPS) is 11.8. The molecule has 0 saturated carbocycles. The lowest BCUT2D eigenvalue weighted by atomic mass is 9.99. The molecule has 3 heteroatoms. The molecule has 0 spiro atoms. The number of nitrogens with zero attached hydrogens (tertiary/aromatic N) is 1. The highest BCUT2D eigenvalue weighted by atomic mass is 32.1. The van der Waals surface area contributed by atoms with Crippen molar-refractivity contribution in [3.63, 3.8) is 0 Å². The van der Waals surface area contributed by atoms with Crippen LogP contribution in [0.15, 0.2) is 192 Å². The molecule has 0 bridgehead atoms. The van der Waals surface area contributed by atoms with E-state index in [0.29, 0.717) is 0 Å². The van der Waals surface area contributed by atoms with Crippen molar-refractivity contribution in [2.45, 2.75) is 0 Å². The van der Waals surface area contributed by atoms with Crippen molar-refractivity contribution in [2.24, 2.45) is 0 Å². The van der Waals surface area contributed by atoms with Crippen molar-refractivity contribution in [3.05, 3.63) is 188 Å². The number of benzene rings is 9. The summed E-state index contributed by atoms with van der Waals surface area (Å²) in [5, 5.41) is 9.62. The Morgan fingerprint density at radius 2 is 0.887 bits per heavy atom. The van der Waals surface area contributed by atoms with Crippen LogP contribution < -0.4 is 4.90 Å². The molecular weight excluding hydrogens is 663 g/mol. The number of thiophene rings is 1. The number of para-hydroxylation sites is 1. The van der Waals surface area contributed by atoms with Crippen molar-refractivity contribution in [1.82, 2.24) is 0 Å². The van der Waals surface area contributed by atoms with E-state index < -0.39 is 0 Å². The van der Waals surface area contributed by atoms with Crippen LogP contribution in [0.5, 0.6) is 0 Å². The summed E-state index contributed by atoms with van der Waals surface area (Å²) in [6, 6.07) is 67.8. The third-order valence-electron chi connectivity index (χ3n) is 10.6. The van der Waals surface area contributed by atoms with Gasteiger partial charge in [0.1, 0.15) is 5.58 Å². The van der Waals surface area contributed by atoms with E-state index in [-0.39, 0.29) is 0 Å². The van der Waals surface area contributed by atoms with Crippen LogP contribution in [0.25, 0.3) is 85.9 Å². The van der Waals surface area contributed by atoms with Gasteiger partial charge in [-0.1, -0.05) is 152 Å². The average Bonchev–Trinajstić information content (AvgIpc) is 3.82. The van der Waals surface area contributed by atoms with Crippen LogP contribution in [0.4, 0.5) is 17.1 Å². The fraction of sp³-hybridized carbons (Fsp3) is 0. The quantitative estimate of drug-likeness (QED) is 0.178. The molecule has 0 unspecified atom stereocenters. The summed E-state index contributed by atoms with van der Waals surface area (Å²) in [6.07, 6.45) is 0. The van der Waals surface area contributed by atoms with Gasteiger partial charge >= 0.3 is 0 Å². The van der Waals surface area contributed by atoms with Gasteiger partial charge in [-0.2, -0.15) is 0 Å². The van der Waals surface area contributed by atoms with Crippen molar-refractivity contribution in [1.29, 1.82) is 0 Å². The molecule has 0 aliphatic heterocycles. The Labute approximate surface area is 310 Å². The lowest BCUT2D eigenvalue weighted by Crippen LogP contribution is -2.10. The maximum atomic E-state index is 6.96. The lowest BCUT2D eigenvalue weighted by molar-refractivity contribution is 0.673. The molecule has 0 aliphatic carbocycles. The second kappa shape index (κ2) is 11.9. The van der Waals surface area contributed by atoms with E-state index >= 15 is 0 Å². The Balaban J connectivity index is 1.14. The Morgan fingerprint density at radius 1 is 0.340 bits per heavy atom. The molecule has 0 N–H and O–H groups in total. The Kier molecular flexibility index (Phi) is 6.76. The van der Waals surface area contributed by atoms with Crippen LogP contribution in [0.1, 0.15) is 0 Å². The van der Waals surface area contributed by atoms with Crippen LogP contribution in [-0.4, -0.2) is 0 Å². The Morgan fingerprint density at radius 3 is 1.68 bits per heavy atom. The number of hydrogen-bond acceptors (Lipinski definition) is 3. The second-order valence-corrected chi connectivity index (χ2v) is 14.7. The fourth-order valence-corrected chi connectivity index (χ4v) is 9.43. The predicted molar refractivity (Wildman–Crippen MR) is 227 cm³/mol. The molecule has 248 valence electrons. The molecule has 0 saturated heterocycles. The van der Waals surface area contributed by atoms with Crippen LogP contribution in [0.3, 0.4) is 0 Å². The molecule has 0 radical (unpaired) electrons. The highest BCUT2D eigenvalue weighted by molar-refractivity contribution is 7.27. The van der Waals surface area contributed by atoms with E-state index in [9.17, 15) is 0 Å². The number of fused-ring (bicyclic) bond motifs is 10. The predicted octanol–water partition coefficient (Wildman–Crippen LogP) is 15.1. The van der Waals surface area contributed by atoms with E-state index in [1.54, 1.807) is 0 Å². The smallest absolute Gasteiger partial charge is 0.159 e. The summed E-state index contributed by atoms with van der Waals surface area (Å²) in [5.74, 6) is 0. The average molecular weight is 694 g/mol. The van der Waals surface area contributed by atoms with E-state index in [0.717, 1.165) is 44.4 Å². The van der Waals surface area contributed by atoms with E-state index in [1.807, 2.05) is 11.3 Å². The van der Waals surface area contributed by atoms with E-state index in [4.69, 9.17) is 4.42 Å². The number of hydrogen-bond donors (Lipinski definition) is 0. The largest absolute Gasteiger partial charge is 0.453 e. The number of furan rings is 1. The van der Waals surface area contributed by atoms with Crippen LogP contribution in [0, 0.1) is 0 Å².